The van der Waals surface area contributed by atoms with Gasteiger partial charge in [0.25, 0.3) is 12.7 Å². The van der Waals surface area contributed by atoms with Crippen LogP contribution in [0.2, 0.25) is 0 Å². The molecule has 6 heterocycles. The number of pyridine rings is 2. The number of aromatic nitrogens is 6. The summed E-state index contributed by atoms with van der Waals surface area (Å²) in [6.45, 7) is 32.4. The largest absolute Gasteiger partial charge is 0.511 e. The number of rotatable bonds is 11. The molecule has 94 heavy (non-hydrogen) atoms. The molecule has 4 aromatic heterocycles. The smallest absolute Gasteiger partial charge is 0.268 e. The third kappa shape index (κ3) is 12.4. The van der Waals surface area contributed by atoms with Crippen molar-refractivity contribution in [3.8, 4) is 57.1 Å². The van der Waals surface area contributed by atoms with Gasteiger partial charge < -0.3 is 38.4 Å². The first-order valence-electron chi connectivity index (χ1n) is 32.6. The van der Waals surface area contributed by atoms with E-state index >= 15 is 0 Å². The number of piperidine rings is 2. The minimum Gasteiger partial charge on any atom is -0.511 e. The summed E-state index contributed by atoms with van der Waals surface area (Å²) < 4.78 is 22.4. The molecule has 0 spiro atoms. The molecule has 2 aliphatic rings. The van der Waals surface area contributed by atoms with Gasteiger partial charge in [-0.3, -0.25) is 9.13 Å². The molecular weight excluding hydrogens is 1520 g/mol. The molecule has 2 aliphatic heterocycles. The molecular formula is C82H82N8O2Pt2-4. The predicted molar refractivity (Wildman–Crippen MR) is 372 cm³/mol. The Morgan fingerprint density at radius 1 is 0.394 bits per heavy atom. The van der Waals surface area contributed by atoms with Crippen molar-refractivity contribution in [1.29, 1.82) is 0 Å². The Kier molecular flexibility index (Phi) is 17.4. The monoisotopic (exact) mass is 1600 g/mol. The summed E-state index contributed by atoms with van der Waals surface area (Å²) in [6, 6.07) is 70.3. The third-order valence-corrected chi connectivity index (χ3v) is 19.2. The first-order valence-corrected chi connectivity index (χ1v) is 32.6. The standard InChI is InChI=1S/C82H82N8O2.2Pt/c1-77(2,3)59-45-61(85-53-87(71-31-21-19-29-69(71)85)73-41-55-25-15-17-27-57(55)43-75(73)89-79(7,8)35-23-36-80(89,9)10)49-65(47-59)91-63-33-39-83-67(51-63)68-52-64(34-40-84-68)92-66-48-60(78(4,5)6)46-62(50-66)86-54-88(72-32-22-20-30-70(72)86)74-42-56-26-16-18-28-58(56)44-76(74)90-81(11,12)37-24-38-82(90,13)14;;/h15-22,25-34,39-48H,23-24,35-38H2,1-14H3;;/q-4;;. The minimum absolute atomic E-state index is 0. The normalized spacial score (nSPS) is 16.1. The molecule has 0 atom stereocenters. The fourth-order valence-corrected chi connectivity index (χ4v) is 14.9. The van der Waals surface area contributed by atoms with Gasteiger partial charge in [-0.05, 0) is 174 Å². The fraction of sp³-hybridized carbons (Fsp3) is 0.317. The zero-order chi connectivity index (χ0) is 64.3. The molecule has 2 saturated heterocycles. The van der Waals surface area contributed by atoms with E-state index in [0.717, 1.165) is 81.6 Å². The maximum absolute atomic E-state index is 6.82. The summed E-state index contributed by atoms with van der Waals surface area (Å²) in [4.78, 5) is 14.9. The molecule has 0 aliphatic carbocycles. The molecule has 8 aromatic carbocycles. The van der Waals surface area contributed by atoms with E-state index in [1.165, 1.54) is 45.8 Å². The summed E-state index contributed by atoms with van der Waals surface area (Å²) in [6.07, 6.45) is 18.0. The number of hydrogen-bond acceptors (Lipinski definition) is 6. The van der Waals surface area contributed by atoms with Crippen molar-refractivity contribution < 1.29 is 60.7 Å². The number of benzene rings is 8. The van der Waals surface area contributed by atoms with E-state index in [-0.39, 0.29) is 75.1 Å². The van der Waals surface area contributed by atoms with E-state index in [2.05, 4.69) is 308 Å². The van der Waals surface area contributed by atoms with Crippen molar-refractivity contribution in [2.24, 2.45) is 0 Å². The molecule has 486 valence electrons. The second kappa shape index (κ2) is 24.7. The van der Waals surface area contributed by atoms with Crippen molar-refractivity contribution in [3.05, 3.63) is 218 Å². The van der Waals surface area contributed by atoms with Gasteiger partial charge in [-0.2, -0.15) is 35.4 Å². The number of ether oxygens (including phenoxy) is 2. The molecule has 0 saturated carbocycles. The predicted octanol–water partition coefficient (Wildman–Crippen LogP) is 19.0. The molecule has 2 fully saturated rings. The Labute approximate surface area is 584 Å². The molecule has 0 N–H and O–H groups in total. The van der Waals surface area contributed by atoms with Crippen molar-refractivity contribution in [2.45, 2.75) is 168 Å². The van der Waals surface area contributed by atoms with E-state index in [0.29, 0.717) is 34.4 Å². The summed E-state index contributed by atoms with van der Waals surface area (Å²) in [5, 5.41) is 4.78. The van der Waals surface area contributed by atoms with E-state index < -0.39 is 0 Å². The van der Waals surface area contributed by atoms with E-state index in [1.54, 1.807) is 12.4 Å². The van der Waals surface area contributed by atoms with Crippen LogP contribution >= 0.6 is 0 Å². The summed E-state index contributed by atoms with van der Waals surface area (Å²) in [7, 11) is 0. The molecule has 14 rings (SSSR count). The first-order chi connectivity index (χ1) is 43.8. The van der Waals surface area contributed by atoms with Gasteiger partial charge in [0.05, 0.1) is 44.8 Å². The average Bonchev–Trinajstić information content (AvgIpc) is 1.28. The summed E-state index contributed by atoms with van der Waals surface area (Å²) in [5.41, 5.74) is 12.5. The van der Waals surface area contributed by atoms with E-state index in [4.69, 9.17) is 19.4 Å². The Balaban J connectivity index is 0.00000424. The van der Waals surface area contributed by atoms with Crippen molar-refractivity contribution in [1.82, 2.24) is 19.1 Å². The van der Waals surface area contributed by atoms with Crippen LogP contribution in [0.5, 0.6) is 23.0 Å². The number of fused-ring (bicyclic) bond motifs is 4. The van der Waals surface area contributed by atoms with Crippen molar-refractivity contribution >= 4 is 55.0 Å². The van der Waals surface area contributed by atoms with Gasteiger partial charge in [0.2, 0.25) is 0 Å². The summed E-state index contributed by atoms with van der Waals surface area (Å²) >= 11 is 0. The Bertz CT molecular complexity index is 4510. The fourth-order valence-electron chi connectivity index (χ4n) is 14.9. The van der Waals surface area contributed by atoms with Crippen molar-refractivity contribution in [3.63, 3.8) is 0 Å². The molecule has 0 bridgehead atoms. The van der Waals surface area contributed by atoms with Crippen molar-refractivity contribution in [2.75, 3.05) is 9.80 Å². The topological polar surface area (TPSA) is 68.3 Å². The Morgan fingerprint density at radius 2 is 0.723 bits per heavy atom. The van der Waals surface area contributed by atoms with E-state index in [9.17, 15) is 0 Å². The second-order valence-electron chi connectivity index (χ2n) is 30.0. The molecule has 0 amide bonds. The van der Waals surface area contributed by atoms with Crippen LogP contribution in [0.4, 0.5) is 11.4 Å². The van der Waals surface area contributed by atoms with E-state index in [1.807, 2.05) is 12.1 Å². The van der Waals surface area contributed by atoms with Gasteiger partial charge >= 0.3 is 0 Å². The number of para-hydroxylation sites is 4. The maximum Gasteiger partial charge on any atom is 0.268 e. The minimum atomic E-state index is -0.241. The summed E-state index contributed by atoms with van der Waals surface area (Å²) in [5.74, 6) is 1.98. The van der Waals surface area contributed by atoms with Crippen LogP contribution in [0.1, 0.15) is 147 Å². The van der Waals surface area contributed by atoms with Gasteiger partial charge in [-0.15, -0.1) is 47.8 Å². The van der Waals surface area contributed by atoms with Crippen LogP contribution < -0.4 is 28.4 Å². The number of imidazole rings is 2. The van der Waals surface area contributed by atoms with Crippen LogP contribution in [0, 0.1) is 36.9 Å². The second-order valence-corrected chi connectivity index (χ2v) is 30.0. The first kappa shape index (κ1) is 66.1. The van der Waals surface area contributed by atoms with Crippen LogP contribution in [0.15, 0.2) is 170 Å². The third-order valence-electron chi connectivity index (χ3n) is 19.2. The average molecular weight is 1600 g/mol. The SMILES string of the molecule is CC(C)(C)c1cc(Oc2[c-]c(-c3[c-]c(Oc4[c-]c(-[n+]5[c-]n(-c6cc7ccccc7cc6N6C(C)(C)CCCC6(C)C)c6ccccc65)cc(C(C)(C)C)c4)ccn3)ncc2)[c-]c(-[n+]2[c-]n(-c3cc4ccccc4cc3N3C(C)(C)CCCC3(C)C)c3ccccc32)c1.[Pt].[Pt]. The zero-order valence-corrected chi connectivity index (χ0v) is 61.0. The van der Waals surface area contributed by atoms with Gasteiger partial charge in [-0.25, -0.2) is 0 Å². The number of anilines is 2. The van der Waals surface area contributed by atoms with Gasteiger partial charge in [0, 0.05) is 87.3 Å². The quantitative estimate of drug-likeness (QED) is 0.0949. The molecule has 10 nitrogen and oxygen atoms in total. The Hall–Kier alpha value is -7.90. The van der Waals surface area contributed by atoms with Gasteiger partial charge in [-0.1, -0.05) is 139 Å². The van der Waals surface area contributed by atoms with Crippen LogP contribution in [-0.4, -0.2) is 41.3 Å². The maximum atomic E-state index is 6.82. The van der Waals surface area contributed by atoms with Crippen LogP contribution in [0.25, 0.3) is 77.7 Å². The van der Waals surface area contributed by atoms with Gasteiger partial charge in [0.15, 0.2) is 0 Å². The number of nitrogens with zero attached hydrogens (tertiary/aromatic N) is 8. The van der Waals surface area contributed by atoms with Crippen LogP contribution in [-0.2, 0) is 53.0 Å². The molecule has 12 aromatic rings. The Morgan fingerprint density at radius 3 is 1.07 bits per heavy atom. The molecule has 12 heteroatoms. The zero-order valence-electron chi connectivity index (χ0n) is 56.4. The number of hydrogen-bond donors (Lipinski definition) is 0. The molecule has 0 radical (unpaired) electrons. The van der Waals surface area contributed by atoms with Gasteiger partial charge in [0.1, 0.15) is 0 Å². The molecule has 0 unspecified atom stereocenters. The van der Waals surface area contributed by atoms with Crippen LogP contribution in [0.3, 0.4) is 0 Å².